The van der Waals surface area contributed by atoms with Crippen LogP contribution >= 0.6 is 0 Å². The quantitative estimate of drug-likeness (QED) is 0.768. The topological polar surface area (TPSA) is 35.6 Å². The van der Waals surface area contributed by atoms with Gasteiger partial charge in [0.2, 0.25) is 5.91 Å². The molecule has 0 aromatic heterocycles. The van der Waals surface area contributed by atoms with E-state index in [1.807, 2.05) is 0 Å². The fourth-order valence-electron chi connectivity index (χ4n) is 4.01. The number of nitrogens with one attached hydrogen (secondary N) is 1. The van der Waals surface area contributed by atoms with Gasteiger partial charge in [0, 0.05) is 52.2 Å². The number of fused-ring (bicyclic) bond motifs is 2. The maximum absolute atomic E-state index is 11.0. The van der Waals surface area contributed by atoms with Gasteiger partial charge in [-0.25, -0.2) is 0 Å². The maximum Gasteiger partial charge on any atom is 0.217 e. The third-order valence-corrected chi connectivity index (χ3v) is 5.10. The molecule has 20 heavy (non-hydrogen) atoms. The highest BCUT2D eigenvalue weighted by atomic mass is 16.1. The Morgan fingerprint density at radius 3 is 3.00 bits per heavy atom. The monoisotopic (exact) mass is 277 g/mol. The third-order valence-electron chi connectivity index (χ3n) is 5.10. The molecular weight excluding hydrogens is 250 g/mol. The zero-order chi connectivity index (χ0) is 13.9. The van der Waals surface area contributed by atoms with Crippen molar-refractivity contribution in [3.63, 3.8) is 0 Å². The number of likely N-dealkylation sites (tertiary alicyclic amines) is 1. The van der Waals surface area contributed by atoms with Crippen molar-refractivity contribution in [2.45, 2.75) is 38.6 Å². The lowest BCUT2D eigenvalue weighted by Crippen LogP contribution is -2.41. The van der Waals surface area contributed by atoms with Crippen LogP contribution in [0.25, 0.3) is 0 Å². The van der Waals surface area contributed by atoms with Gasteiger partial charge in [-0.15, -0.1) is 0 Å². The summed E-state index contributed by atoms with van der Waals surface area (Å²) in [5.41, 5.74) is 1.37. The first-order valence-corrected chi connectivity index (χ1v) is 8.09. The van der Waals surface area contributed by atoms with Crippen LogP contribution in [0.4, 0.5) is 0 Å². The Bertz CT molecular complexity index is 393. The number of hydrogen-bond acceptors (Lipinski definition) is 3. The Morgan fingerprint density at radius 1 is 1.40 bits per heavy atom. The number of rotatable bonds is 5. The summed E-state index contributed by atoms with van der Waals surface area (Å²) in [6, 6.07) is 0.888. The molecule has 3 rings (SSSR count). The summed E-state index contributed by atoms with van der Waals surface area (Å²) in [4.78, 5) is 16.2. The van der Waals surface area contributed by atoms with Crippen LogP contribution in [0.15, 0.2) is 11.6 Å². The maximum atomic E-state index is 11.0. The van der Waals surface area contributed by atoms with E-state index in [0.29, 0.717) is 0 Å². The SMILES string of the molecule is CC(=O)NCC1=CCCN(CCN2C[C@H]3CC[C@@H]2C3)C1. The molecule has 112 valence electrons. The van der Waals surface area contributed by atoms with Crippen molar-refractivity contribution >= 4 is 5.91 Å². The van der Waals surface area contributed by atoms with Crippen LogP contribution in [0.1, 0.15) is 32.6 Å². The van der Waals surface area contributed by atoms with Crippen molar-refractivity contribution in [1.29, 1.82) is 0 Å². The number of nitrogens with zero attached hydrogens (tertiary/aromatic N) is 2. The summed E-state index contributed by atoms with van der Waals surface area (Å²) in [6.07, 6.45) is 7.77. The van der Waals surface area contributed by atoms with Gasteiger partial charge in [-0.2, -0.15) is 0 Å². The Labute approximate surface area is 122 Å². The van der Waals surface area contributed by atoms with Crippen LogP contribution in [0, 0.1) is 5.92 Å². The number of hydrogen-bond donors (Lipinski definition) is 1. The Morgan fingerprint density at radius 2 is 2.30 bits per heavy atom. The van der Waals surface area contributed by atoms with E-state index in [9.17, 15) is 4.79 Å². The van der Waals surface area contributed by atoms with E-state index in [0.717, 1.165) is 31.5 Å². The van der Waals surface area contributed by atoms with Crippen LogP contribution in [-0.4, -0.2) is 61.0 Å². The highest BCUT2D eigenvalue weighted by Gasteiger charge is 2.37. The molecule has 1 aliphatic carbocycles. The second kappa shape index (κ2) is 6.27. The van der Waals surface area contributed by atoms with E-state index in [4.69, 9.17) is 0 Å². The van der Waals surface area contributed by atoms with Gasteiger partial charge in [0.25, 0.3) is 0 Å². The number of carbonyl (C=O) groups is 1. The highest BCUT2D eigenvalue weighted by molar-refractivity contribution is 5.73. The normalized spacial score (nSPS) is 30.6. The molecule has 3 aliphatic rings. The van der Waals surface area contributed by atoms with Crippen LogP contribution in [0.2, 0.25) is 0 Å². The summed E-state index contributed by atoms with van der Waals surface area (Å²) in [5, 5.41) is 2.91. The summed E-state index contributed by atoms with van der Waals surface area (Å²) in [7, 11) is 0. The van der Waals surface area contributed by atoms with Crippen LogP contribution < -0.4 is 5.32 Å². The number of amides is 1. The van der Waals surface area contributed by atoms with Crippen molar-refractivity contribution in [1.82, 2.24) is 15.1 Å². The number of carbonyl (C=O) groups excluding carboxylic acids is 1. The van der Waals surface area contributed by atoms with Gasteiger partial charge in [-0.1, -0.05) is 6.08 Å². The number of piperidine rings is 1. The second-order valence-corrected chi connectivity index (χ2v) is 6.66. The van der Waals surface area contributed by atoms with Crippen molar-refractivity contribution in [3.8, 4) is 0 Å². The summed E-state index contributed by atoms with van der Waals surface area (Å²) < 4.78 is 0. The van der Waals surface area contributed by atoms with Gasteiger partial charge in [0.05, 0.1) is 0 Å². The van der Waals surface area contributed by atoms with Gasteiger partial charge in [-0.3, -0.25) is 14.6 Å². The molecule has 0 aromatic carbocycles. The predicted molar refractivity (Wildman–Crippen MR) is 80.5 cm³/mol. The molecule has 2 fully saturated rings. The first kappa shape index (κ1) is 14.1. The second-order valence-electron chi connectivity index (χ2n) is 6.66. The largest absolute Gasteiger partial charge is 0.353 e. The standard InChI is InChI=1S/C16H27N3O/c1-13(20)17-10-15-3-2-6-18(11-15)7-8-19-12-14-4-5-16(19)9-14/h3,14,16H,2,4-12H2,1H3,(H,17,20)/t14-,16+/m0/s1. The molecule has 1 saturated heterocycles. The summed E-state index contributed by atoms with van der Waals surface area (Å²) in [5.74, 6) is 1.06. The van der Waals surface area contributed by atoms with Crippen LogP contribution in [0.3, 0.4) is 0 Å². The summed E-state index contributed by atoms with van der Waals surface area (Å²) >= 11 is 0. The van der Waals surface area contributed by atoms with Gasteiger partial charge in [0.1, 0.15) is 0 Å². The Kier molecular flexibility index (Phi) is 4.41. The smallest absolute Gasteiger partial charge is 0.217 e. The van der Waals surface area contributed by atoms with Crippen molar-refractivity contribution in [2.24, 2.45) is 5.92 Å². The van der Waals surface area contributed by atoms with E-state index in [1.165, 1.54) is 51.0 Å². The first-order chi connectivity index (χ1) is 9.70. The summed E-state index contributed by atoms with van der Waals surface area (Å²) in [6.45, 7) is 8.26. The minimum atomic E-state index is 0.0658. The van der Waals surface area contributed by atoms with E-state index in [-0.39, 0.29) is 5.91 Å². The molecule has 1 saturated carbocycles. The van der Waals surface area contributed by atoms with E-state index in [2.05, 4.69) is 21.2 Å². The van der Waals surface area contributed by atoms with Crippen LogP contribution in [0.5, 0.6) is 0 Å². The van der Waals surface area contributed by atoms with Crippen molar-refractivity contribution in [3.05, 3.63) is 11.6 Å². The minimum Gasteiger partial charge on any atom is -0.353 e. The predicted octanol–water partition coefficient (Wildman–Crippen LogP) is 1.24. The molecule has 1 amide bonds. The van der Waals surface area contributed by atoms with Gasteiger partial charge in [0.15, 0.2) is 0 Å². The molecule has 2 heterocycles. The molecular formula is C16H27N3O. The van der Waals surface area contributed by atoms with Crippen molar-refractivity contribution in [2.75, 3.05) is 39.3 Å². The van der Waals surface area contributed by atoms with E-state index < -0.39 is 0 Å². The van der Waals surface area contributed by atoms with Crippen LogP contribution in [-0.2, 0) is 4.79 Å². The molecule has 4 heteroatoms. The van der Waals surface area contributed by atoms with Crippen molar-refractivity contribution < 1.29 is 4.79 Å². The van der Waals surface area contributed by atoms with E-state index >= 15 is 0 Å². The van der Waals surface area contributed by atoms with E-state index in [1.54, 1.807) is 6.92 Å². The minimum absolute atomic E-state index is 0.0658. The lowest BCUT2D eigenvalue weighted by molar-refractivity contribution is -0.118. The molecule has 0 spiro atoms. The lowest BCUT2D eigenvalue weighted by Gasteiger charge is -2.32. The van der Waals surface area contributed by atoms with Gasteiger partial charge in [-0.05, 0) is 37.2 Å². The first-order valence-electron chi connectivity index (χ1n) is 8.09. The molecule has 0 radical (unpaired) electrons. The fraction of sp³-hybridized carbons (Fsp3) is 0.812. The Balaban J connectivity index is 1.40. The molecule has 2 aliphatic heterocycles. The molecule has 1 N–H and O–H groups in total. The molecule has 0 aromatic rings. The molecule has 2 atom stereocenters. The van der Waals surface area contributed by atoms with Gasteiger partial charge < -0.3 is 5.32 Å². The lowest BCUT2D eigenvalue weighted by atomic mass is 10.1. The highest BCUT2D eigenvalue weighted by Crippen LogP contribution is 2.36. The third kappa shape index (κ3) is 3.41. The zero-order valence-electron chi connectivity index (χ0n) is 12.6. The average Bonchev–Trinajstić information content (AvgIpc) is 3.06. The average molecular weight is 277 g/mol. The molecule has 4 nitrogen and oxygen atoms in total. The Hall–Kier alpha value is -0.870. The zero-order valence-corrected chi connectivity index (χ0v) is 12.6. The van der Waals surface area contributed by atoms with Gasteiger partial charge >= 0.3 is 0 Å². The molecule has 0 unspecified atom stereocenters. The molecule has 2 bridgehead atoms. The fourth-order valence-corrected chi connectivity index (χ4v) is 4.01.